The number of piperazine rings is 1. The summed E-state index contributed by atoms with van der Waals surface area (Å²) in [4.78, 5) is 49.0. The fourth-order valence-electron chi connectivity index (χ4n) is 5.61. The lowest BCUT2D eigenvalue weighted by Crippen LogP contribution is -2.54. The van der Waals surface area contributed by atoms with E-state index < -0.39 is 23.5 Å². The van der Waals surface area contributed by atoms with Crippen LogP contribution in [-0.4, -0.2) is 90.8 Å². The van der Waals surface area contributed by atoms with Crippen LogP contribution < -0.4 is 9.64 Å². The van der Waals surface area contributed by atoms with Crippen molar-refractivity contribution in [3.63, 3.8) is 0 Å². The van der Waals surface area contributed by atoms with Crippen molar-refractivity contribution in [1.29, 1.82) is 0 Å². The van der Waals surface area contributed by atoms with Gasteiger partial charge in [0.1, 0.15) is 11.4 Å². The van der Waals surface area contributed by atoms with Gasteiger partial charge in [0.15, 0.2) is 5.13 Å². The molecule has 3 saturated heterocycles. The van der Waals surface area contributed by atoms with Crippen molar-refractivity contribution < 1.29 is 28.6 Å². The number of methoxy groups -OCH3 is 1. The number of rotatable bonds is 4. The largest absolute Gasteiger partial charge is 0.497 e. The van der Waals surface area contributed by atoms with Crippen LogP contribution in [0, 0.1) is 11.8 Å². The molecule has 2 aromatic rings. The number of nitrogens with zero attached hydrogens (tertiary/aromatic N) is 4. The molecule has 0 N–H and O–H groups in total. The van der Waals surface area contributed by atoms with Gasteiger partial charge in [-0.3, -0.25) is 14.5 Å². The second kappa shape index (κ2) is 8.20. The molecule has 4 aliphatic rings. The topological polar surface area (TPSA) is 102 Å². The van der Waals surface area contributed by atoms with Gasteiger partial charge in [0.2, 0.25) is 11.8 Å². The third-order valence-corrected chi connectivity index (χ3v) is 8.38. The van der Waals surface area contributed by atoms with E-state index in [1.807, 2.05) is 30.4 Å². The Kier molecular flexibility index (Phi) is 5.22. The van der Waals surface area contributed by atoms with Crippen LogP contribution >= 0.6 is 11.3 Å². The molecule has 10 nitrogen and oxygen atoms in total. The maximum Gasteiger partial charge on any atom is 0.409 e. The lowest BCUT2D eigenvalue weighted by atomic mass is 9.76. The van der Waals surface area contributed by atoms with Gasteiger partial charge in [-0.2, -0.15) is 0 Å². The number of hydrogen-bond donors (Lipinski definition) is 0. The lowest BCUT2D eigenvalue weighted by molar-refractivity contribution is -0.141. The number of thiazole rings is 1. The van der Waals surface area contributed by atoms with Gasteiger partial charge in [0.05, 0.1) is 48.4 Å². The van der Waals surface area contributed by atoms with E-state index in [-0.39, 0.29) is 17.9 Å². The Bertz CT molecular complexity index is 1240. The normalized spacial score (nSPS) is 29.3. The maximum atomic E-state index is 13.7. The highest BCUT2D eigenvalue weighted by Gasteiger charge is 2.67. The quantitative estimate of drug-likeness (QED) is 0.594. The second-order valence-corrected chi connectivity index (χ2v) is 10.2. The Morgan fingerprint density at radius 1 is 1.23 bits per heavy atom. The van der Waals surface area contributed by atoms with Gasteiger partial charge >= 0.3 is 6.09 Å². The first-order valence-electron chi connectivity index (χ1n) is 11.8. The van der Waals surface area contributed by atoms with Crippen LogP contribution in [0.3, 0.4) is 0 Å². The highest BCUT2D eigenvalue weighted by Crippen LogP contribution is 2.53. The molecule has 4 aliphatic heterocycles. The molecule has 11 heteroatoms. The lowest BCUT2D eigenvalue weighted by Gasteiger charge is -2.36. The van der Waals surface area contributed by atoms with Crippen molar-refractivity contribution in [2.24, 2.45) is 11.8 Å². The number of fused-ring (bicyclic) bond motifs is 2. The van der Waals surface area contributed by atoms with Crippen molar-refractivity contribution in [2.45, 2.75) is 18.6 Å². The van der Waals surface area contributed by atoms with Crippen LogP contribution in [0.2, 0.25) is 0 Å². The summed E-state index contributed by atoms with van der Waals surface area (Å²) in [6.07, 6.45) is 3.08. The predicted octanol–water partition coefficient (Wildman–Crippen LogP) is 1.89. The molecule has 2 bridgehead atoms. The number of ether oxygens (including phenoxy) is 3. The van der Waals surface area contributed by atoms with Crippen LogP contribution in [0.4, 0.5) is 9.93 Å². The third kappa shape index (κ3) is 3.40. The summed E-state index contributed by atoms with van der Waals surface area (Å²) >= 11 is 1.44. The van der Waals surface area contributed by atoms with Crippen molar-refractivity contribution in [3.05, 3.63) is 30.4 Å². The van der Waals surface area contributed by atoms with E-state index in [0.717, 1.165) is 10.2 Å². The molecule has 6 rings (SSSR count). The van der Waals surface area contributed by atoms with Gasteiger partial charge in [-0.15, -0.1) is 0 Å². The predicted molar refractivity (Wildman–Crippen MR) is 127 cm³/mol. The number of carbonyl (C=O) groups is 3. The molecule has 0 radical (unpaired) electrons. The summed E-state index contributed by atoms with van der Waals surface area (Å²) in [6, 6.07) is 5.64. The van der Waals surface area contributed by atoms with E-state index in [9.17, 15) is 14.4 Å². The molecule has 184 valence electrons. The summed E-state index contributed by atoms with van der Waals surface area (Å²) in [6.45, 7) is 4.04. The molecule has 3 fully saturated rings. The van der Waals surface area contributed by atoms with Crippen LogP contribution in [0.25, 0.3) is 10.2 Å². The van der Waals surface area contributed by atoms with Crippen molar-refractivity contribution in [3.8, 4) is 5.75 Å². The van der Waals surface area contributed by atoms with E-state index in [1.165, 1.54) is 11.3 Å². The summed E-state index contributed by atoms with van der Waals surface area (Å²) < 4.78 is 17.6. The Morgan fingerprint density at radius 3 is 2.74 bits per heavy atom. The first-order valence-corrected chi connectivity index (χ1v) is 12.6. The van der Waals surface area contributed by atoms with Crippen molar-refractivity contribution in [1.82, 2.24) is 14.8 Å². The van der Waals surface area contributed by atoms with Crippen LogP contribution in [0.5, 0.6) is 5.75 Å². The van der Waals surface area contributed by atoms with Gasteiger partial charge in [-0.1, -0.05) is 23.5 Å². The number of hydrogen-bond acceptors (Lipinski definition) is 8. The molecule has 1 aromatic carbocycles. The minimum Gasteiger partial charge on any atom is -0.497 e. The zero-order chi connectivity index (χ0) is 24.3. The standard InChI is InChI=1S/C24H26N4O6S/c1-3-33-23(31)27-10-8-26(9-11-27)20(29)18-16-6-7-24(34-16)13-28(21(30)19(18)24)22-25-15-12-14(32-2)4-5-17(15)35-22/h4-7,12,16,18-19H,3,8-11,13H2,1-2H3/t16-,18+,19-,24+/m0/s1. The van der Waals surface area contributed by atoms with Crippen molar-refractivity contribution >= 4 is 44.6 Å². The monoisotopic (exact) mass is 498 g/mol. The molecule has 5 heterocycles. The van der Waals surface area contributed by atoms with E-state index in [1.54, 1.807) is 28.7 Å². The summed E-state index contributed by atoms with van der Waals surface area (Å²) in [7, 11) is 1.60. The zero-order valence-electron chi connectivity index (χ0n) is 19.5. The van der Waals surface area contributed by atoms with Crippen LogP contribution in [0.15, 0.2) is 30.4 Å². The van der Waals surface area contributed by atoms with Gasteiger partial charge in [-0.25, -0.2) is 9.78 Å². The van der Waals surface area contributed by atoms with E-state index in [0.29, 0.717) is 50.2 Å². The highest BCUT2D eigenvalue weighted by atomic mass is 32.1. The first-order chi connectivity index (χ1) is 16.9. The first kappa shape index (κ1) is 22.3. The second-order valence-electron chi connectivity index (χ2n) is 9.17. The van der Waals surface area contributed by atoms with Crippen LogP contribution in [0.1, 0.15) is 6.92 Å². The zero-order valence-corrected chi connectivity index (χ0v) is 20.3. The molecule has 0 unspecified atom stereocenters. The van der Waals surface area contributed by atoms with Crippen molar-refractivity contribution in [2.75, 3.05) is 51.3 Å². The summed E-state index contributed by atoms with van der Waals surface area (Å²) in [5.41, 5.74) is -0.0516. The average molecular weight is 499 g/mol. The number of carbonyl (C=O) groups excluding carboxylic acids is 3. The molecule has 35 heavy (non-hydrogen) atoms. The molecule has 3 amide bonds. The molecule has 0 aliphatic carbocycles. The fraction of sp³-hybridized carbons (Fsp3) is 0.500. The van der Waals surface area contributed by atoms with Gasteiger partial charge in [0, 0.05) is 32.2 Å². The minimum atomic E-state index is -0.815. The SMILES string of the molecule is CCOC(=O)N1CCN(C(=O)[C@@H]2[C@@H]3C=C[C@]4(CN(c5nc6cc(OC)ccc6s5)C(=O)[C@H]24)O3)CC1. The number of benzene rings is 1. The highest BCUT2D eigenvalue weighted by molar-refractivity contribution is 7.22. The van der Waals surface area contributed by atoms with Crippen LogP contribution in [-0.2, 0) is 19.1 Å². The molecule has 0 saturated carbocycles. The van der Waals surface area contributed by atoms with Gasteiger partial charge < -0.3 is 24.0 Å². The molecule has 1 aromatic heterocycles. The average Bonchev–Trinajstić information content (AvgIpc) is 3.62. The molecule has 4 atom stereocenters. The molecule has 1 spiro atoms. The van der Waals surface area contributed by atoms with Gasteiger partial charge in [-0.05, 0) is 19.1 Å². The molecular formula is C24H26N4O6S. The smallest absolute Gasteiger partial charge is 0.409 e. The number of amides is 3. The Hall–Kier alpha value is -3.18. The Morgan fingerprint density at radius 2 is 2.00 bits per heavy atom. The maximum absolute atomic E-state index is 13.7. The molecular weight excluding hydrogens is 472 g/mol. The third-order valence-electron chi connectivity index (χ3n) is 7.32. The Labute approximate surface area is 206 Å². The van der Waals surface area contributed by atoms with E-state index in [2.05, 4.69) is 4.98 Å². The fourth-order valence-corrected chi connectivity index (χ4v) is 6.57. The number of aromatic nitrogens is 1. The summed E-state index contributed by atoms with van der Waals surface area (Å²) in [5, 5.41) is 0.594. The number of anilines is 1. The van der Waals surface area contributed by atoms with E-state index >= 15 is 0 Å². The summed E-state index contributed by atoms with van der Waals surface area (Å²) in [5.74, 6) is -0.697. The Balaban J connectivity index is 1.22. The van der Waals surface area contributed by atoms with E-state index in [4.69, 9.17) is 14.2 Å². The minimum absolute atomic E-state index is 0.0982. The van der Waals surface area contributed by atoms with Gasteiger partial charge in [0.25, 0.3) is 0 Å².